The average molecular weight is 402 g/mol. The van der Waals surface area contributed by atoms with Crippen LogP contribution in [-0.4, -0.2) is 13.2 Å². The van der Waals surface area contributed by atoms with E-state index in [4.69, 9.17) is 14.7 Å². The van der Waals surface area contributed by atoms with Crippen molar-refractivity contribution in [3.8, 4) is 6.07 Å². The second kappa shape index (κ2) is 11.7. The zero-order valence-electron chi connectivity index (χ0n) is 17.9. The fourth-order valence-corrected chi connectivity index (χ4v) is 4.81. The fraction of sp³-hybridized carbons (Fsp3) is 0.720. The third kappa shape index (κ3) is 6.79. The normalized spacial score (nSPS) is 27.5. The molecule has 1 heterocycles. The fourth-order valence-electron chi connectivity index (χ4n) is 4.81. The summed E-state index contributed by atoms with van der Waals surface area (Å²) in [5, 5.41) is 8.84. The molecule has 1 aromatic carbocycles. The van der Waals surface area contributed by atoms with E-state index in [9.17, 15) is 4.39 Å². The van der Waals surface area contributed by atoms with Gasteiger partial charge in [0.2, 0.25) is 0 Å². The highest BCUT2D eigenvalue weighted by Crippen LogP contribution is 2.36. The minimum atomic E-state index is -0.517. The van der Waals surface area contributed by atoms with E-state index in [1.54, 1.807) is 6.07 Å². The lowest BCUT2D eigenvalue weighted by Crippen LogP contribution is -2.28. The van der Waals surface area contributed by atoms with Gasteiger partial charge < -0.3 is 9.47 Å². The van der Waals surface area contributed by atoms with Gasteiger partial charge in [0.05, 0.1) is 18.8 Å². The molecule has 1 saturated carbocycles. The smallest absolute Gasteiger partial charge is 0.183 e. The van der Waals surface area contributed by atoms with Crippen LogP contribution < -0.4 is 0 Å². The first kappa shape index (κ1) is 22.2. The summed E-state index contributed by atoms with van der Waals surface area (Å²) in [6, 6.07) is 6.40. The van der Waals surface area contributed by atoms with Crippen molar-refractivity contribution in [2.24, 2.45) is 17.8 Å². The van der Waals surface area contributed by atoms with Gasteiger partial charge in [0.15, 0.2) is 6.29 Å². The van der Waals surface area contributed by atoms with Crippen LogP contribution >= 0.6 is 0 Å². The average Bonchev–Trinajstić information content (AvgIpc) is 2.76. The predicted octanol–water partition coefficient (Wildman–Crippen LogP) is 6.92. The lowest BCUT2D eigenvalue weighted by molar-refractivity contribution is -0.206. The zero-order valence-corrected chi connectivity index (χ0v) is 17.9. The molecule has 0 unspecified atom stereocenters. The van der Waals surface area contributed by atoms with Gasteiger partial charge in [0, 0.05) is 11.5 Å². The molecule has 0 spiro atoms. The maximum absolute atomic E-state index is 13.8. The molecular weight excluding hydrogens is 365 g/mol. The number of nitriles is 1. The van der Waals surface area contributed by atoms with Crippen LogP contribution in [0.2, 0.25) is 0 Å². The van der Waals surface area contributed by atoms with Crippen LogP contribution in [0.3, 0.4) is 0 Å². The summed E-state index contributed by atoms with van der Waals surface area (Å²) in [6.45, 7) is 3.61. The number of benzene rings is 1. The summed E-state index contributed by atoms with van der Waals surface area (Å²) in [7, 11) is 0. The van der Waals surface area contributed by atoms with Crippen molar-refractivity contribution in [1.82, 2.24) is 0 Å². The largest absolute Gasteiger partial charge is 0.348 e. The molecule has 1 aliphatic heterocycles. The van der Waals surface area contributed by atoms with Crippen LogP contribution in [-0.2, 0) is 9.47 Å². The number of halogens is 1. The highest BCUT2D eigenvalue weighted by molar-refractivity contribution is 5.33. The maximum atomic E-state index is 13.8. The highest BCUT2D eigenvalue weighted by Gasteiger charge is 2.26. The van der Waals surface area contributed by atoms with Gasteiger partial charge in [-0.1, -0.05) is 77.2 Å². The Kier molecular flexibility index (Phi) is 8.95. The molecule has 29 heavy (non-hydrogen) atoms. The van der Waals surface area contributed by atoms with E-state index in [2.05, 4.69) is 6.92 Å². The van der Waals surface area contributed by atoms with Crippen LogP contribution in [0.1, 0.15) is 95.0 Å². The first-order valence-electron chi connectivity index (χ1n) is 11.6. The Morgan fingerprint density at radius 2 is 1.59 bits per heavy atom. The summed E-state index contributed by atoms with van der Waals surface area (Å²) in [5.41, 5.74) is 0.704. The second-order valence-corrected chi connectivity index (χ2v) is 9.03. The number of rotatable bonds is 9. The molecule has 0 amide bonds. The van der Waals surface area contributed by atoms with Gasteiger partial charge in [0.1, 0.15) is 11.9 Å². The van der Waals surface area contributed by atoms with Gasteiger partial charge in [-0.15, -0.1) is 0 Å². The van der Waals surface area contributed by atoms with Gasteiger partial charge >= 0.3 is 0 Å². The van der Waals surface area contributed by atoms with Gasteiger partial charge in [-0.05, 0) is 30.4 Å². The third-order valence-electron chi connectivity index (χ3n) is 6.77. The van der Waals surface area contributed by atoms with Gasteiger partial charge in [0.25, 0.3) is 0 Å². The molecule has 0 aromatic heterocycles. The van der Waals surface area contributed by atoms with E-state index in [-0.39, 0.29) is 5.56 Å². The van der Waals surface area contributed by atoms with Crippen molar-refractivity contribution >= 4 is 0 Å². The zero-order chi connectivity index (χ0) is 20.5. The van der Waals surface area contributed by atoms with E-state index in [1.165, 1.54) is 76.3 Å². The van der Waals surface area contributed by atoms with Crippen LogP contribution in [0.15, 0.2) is 18.2 Å². The minimum Gasteiger partial charge on any atom is -0.348 e. The quantitative estimate of drug-likeness (QED) is 0.422. The Bertz CT molecular complexity index is 655. The molecule has 1 aromatic rings. The SMILES string of the molecule is CCCCCCC1CCC(CCC2COC(c3ccc(C#N)c(F)c3)OC2)CC1. The van der Waals surface area contributed by atoms with E-state index in [0.29, 0.717) is 24.7 Å². The molecule has 3 nitrogen and oxygen atoms in total. The Balaban J connectivity index is 1.32. The van der Waals surface area contributed by atoms with E-state index < -0.39 is 12.1 Å². The topological polar surface area (TPSA) is 42.2 Å². The number of unbranched alkanes of at least 4 members (excludes halogenated alkanes) is 3. The molecule has 0 atom stereocenters. The molecule has 4 heteroatoms. The molecule has 160 valence electrons. The summed E-state index contributed by atoms with van der Waals surface area (Å²) >= 11 is 0. The molecule has 0 radical (unpaired) electrons. The van der Waals surface area contributed by atoms with E-state index in [1.807, 2.05) is 6.07 Å². The van der Waals surface area contributed by atoms with Crippen LogP contribution in [0.4, 0.5) is 4.39 Å². The lowest BCUT2D eigenvalue weighted by atomic mass is 9.77. The number of ether oxygens (including phenoxy) is 2. The Morgan fingerprint density at radius 3 is 2.21 bits per heavy atom. The Morgan fingerprint density at radius 1 is 0.931 bits per heavy atom. The molecule has 1 aliphatic carbocycles. The number of hydrogen-bond donors (Lipinski definition) is 0. The van der Waals surface area contributed by atoms with E-state index >= 15 is 0 Å². The first-order valence-corrected chi connectivity index (χ1v) is 11.6. The van der Waals surface area contributed by atoms with Gasteiger partial charge in [-0.2, -0.15) is 5.26 Å². The monoisotopic (exact) mass is 401 g/mol. The van der Waals surface area contributed by atoms with Crippen molar-refractivity contribution in [2.75, 3.05) is 13.2 Å². The van der Waals surface area contributed by atoms with Crippen molar-refractivity contribution < 1.29 is 13.9 Å². The van der Waals surface area contributed by atoms with Crippen LogP contribution in [0.5, 0.6) is 0 Å². The number of hydrogen-bond acceptors (Lipinski definition) is 3. The summed E-state index contributed by atoms with van der Waals surface area (Å²) in [5.74, 6) is 1.76. The summed E-state index contributed by atoms with van der Waals surface area (Å²) in [6.07, 6.45) is 14.5. The molecule has 1 saturated heterocycles. The third-order valence-corrected chi connectivity index (χ3v) is 6.77. The van der Waals surface area contributed by atoms with Gasteiger partial charge in [-0.25, -0.2) is 4.39 Å². The first-order chi connectivity index (χ1) is 14.2. The maximum Gasteiger partial charge on any atom is 0.183 e. The lowest BCUT2D eigenvalue weighted by Gasteiger charge is -2.32. The number of nitrogens with zero attached hydrogens (tertiary/aromatic N) is 1. The minimum absolute atomic E-state index is 0.0538. The second-order valence-electron chi connectivity index (χ2n) is 9.03. The van der Waals surface area contributed by atoms with Crippen molar-refractivity contribution in [1.29, 1.82) is 5.26 Å². The molecule has 0 bridgehead atoms. The summed E-state index contributed by atoms with van der Waals surface area (Å²) in [4.78, 5) is 0. The molecule has 2 aliphatic rings. The molecule has 2 fully saturated rings. The Labute approximate surface area is 175 Å². The molecule has 3 rings (SSSR count). The van der Waals surface area contributed by atoms with Crippen LogP contribution in [0.25, 0.3) is 0 Å². The standard InChI is InChI=1S/C25H36FNO2/c1-2-3-4-5-6-19-7-9-20(10-8-19)11-12-21-17-28-25(29-18-21)22-13-14-23(16-27)24(26)15-22/h13-15,19-21,25H,2-12,17-18H2,1H3. The van der Waals surface area contributed by atoms with Gasteiger partial charge in [-0.3, -0.25) is 0 Å². The van der Waals surface area contributed by atoms with E-state index in [0.717, 1.165) is 18.3 Å². The van der Waals surface area contributed by atoms with Crippen molar-refractivity contribution in [3.05, 3.63) is 35.1 Å². The predicted molar refractivity (Wildman–Crippen MR) is 113 cm³/mol. The Hall–Kier alpha value is -1.44. The summed E-state index contributed by atoms with van der Waals surface area (Å²) < 4.78 is 25.5. The van der Waals surface area contributed by atoms with Crippen LogP contribution in [0, 0.1) is 34.9 Å². The van der Waals surface area contributed by atoms with Crippen molar-refractivity contribution in [3.63, 3.8) is 0 Å². The van der Waals surface area contributed by atoms with Crippen molar-refractivity contribution in [2.45, 2.75) is 83.8 Å². The highest BCUT2D eigenvalue weighted by atomic mass is 19.1. The molecule has 0 N–H and O–H groups in total. The molecular formula is C25H36FNO2.